The summed E-state index contributed by atoms with van der Waals surface area (Å²) in [4.78, 5) is 19.4. The molecule has 2 aliphatic rings. The fourth-order valence-electron chi connectivity index (χ4n) is 3.68. The molecule has 1 fully saturated rings. The maximum absolute atomic E-state index is 13.5. The minimum Gasteiger partial charge on any atom is -0.332 e. The number of hydrogen-bond donors (Lipinski definition) is 2. The van der Waals surface area contributed by atoms with Gasteiger partial charge in [0, 0.05) is 17.3 Å². The van der Waals surface area contributed by atoms with Gasteiger partial charge in [0.05, 0.1) is 23.5 Å². The molecule has 0 bridgehead atoms. The number of amides is 1. The highest BCUT2D eigenvalue weighted by atomic mass is 35.5. The maximum Gasteiger partial charge on any atom is 0.256 e. The normalized spacial score (nSPS) is 20.7. The largest absolute Gasteiger partial charge is 0.332 e. The number of nitrogens with zero attached hydrogens (tertiary/aromatic N) is 3. The number of nitrogens with two attached hydrogens (primary N) is 1. The third-order valence-electron chi connectivity index (χ3n) is 5.19. The fraction of sp³-hybridized carbons (Fsp3) is 0.333. The smallest absolute Gasteiger partial charge is 0.256 e. The molecule has 0 unspecified atom stereocenters. The zero-order chi connectivity index (χ0) is 23.6. The monoisotopic (exact) mass is 497 g/mol. The Morgan fingerprint density at radius 3 is 2.75 bits per heavy atom. The van der Waals surface area contributed by atoms with Crippen LogP contribution in [0.4, 0.5) is 5.69 Å². The second-order valence-corrected chi connectivity index (χ2v) is 10.3. The number of sulfonamides is 1. The van der Waals surface area contributed by atoms with Gasteiger partial charge in [-0.15, -0.1) is 0 Å². The SMILES string of the molecule is C=C(/C=C1/N=C(Cl)C=C(C)N1N)[C@@H]1CCCCN1C(=O)c1cc(Cl)ccc1NS(C)(=O)=O. The number of benzene rings is 1. The lowest BCUT2D eigenvalue weighted by molar-refractivity contribution is 0.0657. The van der Waals surface area contributed by atoms with Gasteiger partial charge < -0.3 is 4.90 Å². The van der Waals surface area contributed by atoms with E-state index in [4.69, 9.17) is 29.0 Å². The number of likely N-dealkylation sites (tertiary alicyclic amines) is 1. The van der Waals surface area contributed by atoms with Gasteiger partial charge in [0.2, 0.25) is 10.0 Å². The first-order chi connectivity index (χ1) is 15.0. The van der Waals surface area contributed by atoms with Crippen LogP contribution >= 0.6 is 23.2 Å². The standard InChI is InChI=1S/C21H25Cl2N5O3S/c1-13(10-20-25-19(23)11-14(2)28(20)24)18-6-4-5-9-27(18)21(29)16-12-15(22)7-8-17(16)26-32(3,30)31/h7-8,10-12,18,26H,1,4-6,9,24H2,2-3H3/b20-10-/t18-/m0/s1. The van der Waals surface area contributed by atoms with Gasteiger partial charge in [-0.3, -0.25) is 14.5 Å². The summed E-state index contributed by atoms with van der Waals surface area (Å²) in [5.74, 6) is 6.15. The first kappa shape index (κ1) is 24.3. The van der Waals surface area contributed by atoms with Crippen molar-refractivity contribution in [1.29, 1.82) is 0 Å². The number of aliphatic imine (C=N–C) groups is 1. The van der Waals surface area contributed by atoms with Crippen LogP contribution in [0.2, 0.25) is 5.02 Å². The van der Waals surface area contributed by atoms with E-state index < -0.39 is 10.0 Å². The van der Waals surface area contributed by atoms with Crippen molar-refractivity contribution in [3.63, 3.8) is 0 Å². The van der Waals surface area contributed by atoms with Gasteiger partial charge in [0.25, 0.3) is 5.91 Å². The van der Waals surface area contributed by atoms with Gasteiger partial charge in [-0.05, 0) is 62.1 Å². The van der Waals surface area contributed by atoms with Gasteiger partial charge >= 0.3 is 0 Å². The van der Waals surface area contributed by atoms with Crippen LogP contribution in [-0.2, 0) is 10.0 Å². The van der Waals surface area contributed by atoms with Gasteiger partial charge in [-0.1, -0.05) is 29.8 Å². The number of hydrazine groups is 1. The number of carbonyl (C=O) groups excluding carboxylic acids is 1. The third kappa shape index (κ3) is 5.72. The van der Waals surface area contributed by atoms with Crippen molar-refractivity contribution in [2.24, 2.45) is 10.8 Å². The highest BCUT2D eigenvalue weighted by molar-refractivity contribution is 7.92. The van der Waals surface area contributed by atoms with Crippen molar-refractivity contribution in [3.8, 4) is 0 Å². The molecule has 3 N–H and O–H groups in total. The maximum atomic E-state index is 13.5. The number of hydrogen-bond acceptors (Lipinski definition) is 6. The molecule has 11 heteroatoms. The minimum atomic E-state index is -3.59. The molecule has 1 saturated heterocycles. The van der Waals surface area contributed by atoms with Gasteiger partial charge in [-0.25, -0.2) is 19.3 Å². The number of halogens is 2. The van der Waals surface area contributed by atoms with E-state index >= 15 is 0 Å². The number of nitrogens with one attached hydrogen (secondary N) is 1. The molecule has 1 atom stereocenters. The van der Waals surface area contributed by atoms with Crippen molar-refractivity contribution in [2.75, 3.05) is 17.5 Å². The first-order valence-corrected chi connectivity index (χ1v) is 12.6. The summed E-state index contributed by atoms with van der Waals surface area (Å²) in [6.07, 6.45) is 6.81. The van der Waals surface area contributed by atoms with E-state index in [1.165, 1.54) is 23.2 Å². The van der Waals surface area contributed by atoms with E-state index in [0.717, 1.165) is 24.8 Å². The predicted octanol–water partition coefficient (Wildman–Crippen LogP) is 3.83. The average Bonchev–Trinajstić information content (AvgIpc) is 2.71. The highest BCUT2D eigenvalue weighted by Gasteiger charge is 2.31. The molecule has 2 heterocycles. The topological polar surface area (TPSA) is 108 Å². The van der Waals surface area contributed by atoms with Crippen molar-refractivity contribution >= 4 is 50.0 Å². The lowest BCUT2D eigenvalue weighted by Crippen LogP contribution is -2.44. The van der Waals surface area contributed by atoms with Crippen LogP contribution in [0.5, 0.6) is 0 Å². The van der Waals surface area contributed by atoms with Crippen LogP contribution in [0.1, 0.15) is 36.5 Å². The number of allylic oxidation sites excluding steroid dienone is 2. The average molecular weight is 498 g/mol. The van der Waals surface area contributed by atoms with E-state index in [0.29, 0.717) is 34.6 Å². The van der Waals surface area contributed by atoms with E-state index in [2.05, 4.69) is 16.3 Å². The lowest BCUT2D eigenvalue weighted by atomic mass is 9.94. The molecule has 3 rings (SSSR count). The van der Waals surface area contributed by atoms with E-state index in [9.17, 15) is 13.2 Å². The molecule has 0 spiro atoms. The number of anilines is 1. The Balaban J connectivity index is 1.93. The molecule has 0 aromatic heterocycles. The summed E-state index contributed by atoms with van der Waals surface area (Å²) in [7, 11) is -3.59. The summed E-state index contributed by atoms with van der Waals surface area (Å²) < 4.78 is 26.0. The third-order valence-corrected chi connectivity index (χ3v) is 6.21. The number of rotatable bonds is 5. The van der Waals surface area contributed by atoms with Crippen molar-refractivity contribution in [3.05, 3.63) is 64.6 Å². The van der Waals surface area contributed by atoms with Crippen molar-refractivity contribution in [2.45, 2.75) is 32.2 Å². The van der Waals surface area contributed by atoms with Crippen molar-refractivity contribution < 1.29 is 13.2 Å². The molecule has 0 aliphatic carbocycles. The van der Waals surface area contributed by atoms with Gasteiger partial charge in [0.1, 0.15) is 11.0 Å². The molecule has 1 aromatic carbocycles. The Labute approximate surface area is 198 Å². The predicted molar refractivity (Wildman–Crippen MR) is 129 cm³/mol. The summed E-state index contributed by atoms with van der Waals surface area (Å²) in [6, 6.07) is 4.15. The Hall–Kier alpha value is -2.33. The summed E-state index contributed by atoms with van der Waals surface area (Å²) in [5.41, 5.74) is 1.71. The zero-order valence-corrected chi connectivity index (χ0v) is 20.1. The molecule has 1 aromatic rings. The Morgan fingerprint density at radius 2 is 2.06 bits per heavy atom. The number of carbonyl (C=O) groups is 1. The molecule has 32 heavy (non-hydrogen) atoms. The minimum absolute atomic E-state index is 0.174. The molecule has 172 valence electrons. The summed E-state index contributed by atoms with van der Waals surface area (Å²) >= 11 is 12.2. The van der Waals surface area contributed by atoms with E-state index in [-0.39, 0.29) is 23.2 Å². The van der Waals surface area contributed by atoms with Crippen LogP contribution in [0.25, 0.3) is 0 Å². The molecular weight excluding hydrogens is 473 g/mol. The second kappa shape index (κ2) is 9.66. The van der Waals surface area contributed by atoms with Crippen LogP contribution in [-0.4, -0.2) is 48.2 Å². The highest BCUT2D eigenvalue weighted by Crippen LogP contribution is 2.30. The van der Waals surface area contributed by atoms with Crippen LogP contribution in [0, 0.1) is 0 Å². The van der Waals surface area contributed by atoms with E-state index in [1.807, 2.05) is 0 Å². The van der Waals surface area contributed by atoms with Crippen molar-refractivity contribution in [1.82, 2.24) is 9.91 Å². The van der Waals surface area contributed by atoms with E-state index in [1.54, 1.807) is 24.0 Å². The molecular formula is C21H25Cl2N5O3S. The second-order valence-electron chi connectivity index (χ2n) is 7.74. The lowest BCUT2D eigenvalue weighted by Gasteiger charge is -2.37. The quantitative estimate of drug-likeness (QED) is 0.600. The zero-order valence-electron chi connectivity index (χ0n) is 17.8. The molecule has 1 amide bonds. The Morgan fingerprint density at radius 1 is 1.34 bits per heavy atom. The fourth-order valence-corrected chi connectivity index (χ4v) is 4.67. The molecule has 8 nitrogen and oxygen atoms in total. The van der Waals surface area contributed by atoms with Crippen LogP contribution in [0.3, 0.4) is 0 Å². The molecule has 0 saturated carbocycles. The molecule has 2 aliphatic heterocycles. The Bertz CT molecular complexity index is 1140. The summed E-state index contributed by atoms with van der Waals surface area (Å²) in [6.45, 7) is 6.46. The van der Waals surface area contributed by atoms with Crippen LogP contribution < -0.4 is 10.6 Å². The summed E-state index contributed by atoms with van der Waals surface area (Å²) in [5, 5.41) is 2.03. The molecule has 0 radical (unpaired) electrons. The van der Waals surface area contributed by atoms with Gasteiger partial charge in [0.15, 0.2) is 0 Å². The number of piperidine rings is 1. The van der Waals surface area contributed by atoms with Gasteiger partial charge in [-0.2, -0.15) is 0 Å². The first-order valence-electron chi connectivity index (χ1n) is 9.92. The van der Waals surface area contributed by atoms with Crippen LogP contribution in [0.15, 0.2) is 59.0 Å². The Kier molecular flexibility index (Phi) is 7.34.